The third kappa shape index (κ3) is 1.81. The van der Waals surface area contributed by atoms with Crippen molar-refractivity contribution < 1.29 is 0 Å². The van der Waals surface area contributed by atoms with Crippen LogP contribution in [0.5, 0.6) is 0 Å². The average molecular weight is 284 g/mol. The number of nitrogens with zero attached hydrogens (tertiary/aromatic N) is 1. The first-order valence-electron chi connectivity index (χ1n) is 4.76. The van der Waals surface area contributed by atoms with E-state index in [1.807, 2.05) is 0 Å². The molecule has 1 heterocycles. The number of aromatic nitrogens is 2. The molecule has 16 heavy (non-hydrogen) atoms. The highest BCUT2D eigenvalue weighted by Gasteiger charge is 2.06. The molecular weight excluding hydrogens is 274 g/mol. The van der Waals surface area contributed by atoms with Gasteiger partial charge in [0.25, 0.3) is 5.56 Å². The van der Waals surface area contributed by atoms with Gasteiger partial charge in [-0.1, -0.05) is 15.9 Å². The van der Waals surface area contributed by atoms with Gasteiger partial charge in [-0.2, -0.15) is 0 Å². The minimum Gasteiger partial charge on any atom is -0.329 e. The maximum Gasteiger partial charge on any atom is 0.328 e. The Hall–Kier alpha value is -1.40. The van der Waals surface area contributed by atoms with Crippen molar-refractivity contribution in [2.75, 3.05) is 6.54 Å². The van der Waals surface area contributed by atoms with E-state index in [9.17, 15) is 9.59 Å². The Morgan fingerprint density at radius 2 is 2.12 bits per heavy atom. The maximum atomic E-state index is 11.9. The van der Waals surface area contributed by atoms with Gasteiger partial charge in [0.1, 0.15) is 0 Å². The van der Waals surface area contributed by atoms with Crippen LogP contribution < -0.4 is 17.0 Å². The van der Waals surface area contributed by atoms with Crippen LogP contribution in [0.25, 0.3) is 10.9 Å². The summed E-state index contributed by atoms with van der Waals surface area (Å²) >= 11 is 3.28. The summed E-state index contributed by atoms with van der Waals surface area (Å²) in [6.45, 7) is 0.477. The largest absolute Gasteiger partial charge is 0.329 e. The lowest BCUT2D eigenvalue weighted by Gasteiger charge is -2.04. The van der Waals surface area contributed by atoms with Gasteiger partial charge in [0.05, 0.1) is 10.9 Å². The zero-order valence-electron chi connectivity index (χ0n) is 8.37. The Labute approximate surface area is 99.0 Å². The summed E-state index contributed by atoms with van der Waals surface area (Å²) in [6.07, 6.45) is 0. The van der Waals surface area contributed by atoms with Crippen LogP contribution in [0, 0.1) is 0 Å². The molecule has 0 bridgehead atoms. The van der Waals surface area contributed by atoms with E-state index in [4.69, 9.17) is 5.73 Å². The fraction of sp³-hybridized carbons (Fsp3) is 0.200. The highest BCUT2D eigenvalue weighted by Crippen LogP contribution is 2.13. The molecule has 0 atom stereocenters. The Kier molecular flexibility index (Phi) is 2.93. The van der Waals surface area contributed by atoms with E-state index in [2.05, 4.69) is 20.9 Å². The van der Waals surface area contributed by atoms with Crippen LogP contribution in [0.3, 0.4) is 0 Å². The van der Waals surface area contributed by atoms with E-state index in [0.717, 1.165) is 9.04 Å². The Morgan fingerprint density at radius 1 is 1.38 bits per heavy atom. The zero-order valence-corrected chi connectivity index (χ0v) is 9.95. The Morgan fingerprint density at radius 3 is 2.81 bits per heavy atom. The molecule has 0 spiro atoms. The summed E-state index contributed by atoms with van der Waals surface area (Å²) in [5.41, 5.74) is 5.13. The predicted molar refractivity (Wildman–Crippen MR) is 65.6 cm³/mol. The number of halogens is 1. The summed E-state index contributed by atoms with van der Waals surface area (Å²) in [7, 11) is 0. The molecule has 0 unspecified atom stereocenters. The first-order chi connectivity index (χ1) is 7.63. The highest BCUT2D eigenvalue weighted by atomic mass is 79.9. The molecule has 6 heteroatoms. The smallest absolute Gasteiger partial charge is 0.328 e. The fourth-order valence-electron chi connectivity index (χ4n) is 1.56. The third-order valence-corrected chi connectivity index (χ3v) is 2.79. The van der Waals surface area contributed by atoms with Gasteiger partial charge in [0.15, 0.2) is 0 Å². The summed E-state index contributed by atoms with van der Waals surface area (Å²) in [6, 6.07) is 5.13. The molecule has 0 saturated heterocycles. The van der Waals surface area contributed by atoms with Gasteiger partial charge >= 0.3 is 5.69 Å². The van der Waals surface area contributed by atoms with E-state index in [-0.39, 0.29) is 18.6 Å². The van der Waals surface area contributed by atoms with Gasteiger partial charge in [0, 0.05) is 17.6 Å². The lowest BCUT2D eigenvalue weighted by molar-refractivity contribution is 0.646. The zero-order chi connectivity index (χ0) is 11.7. The molecule has 2 aromatic rings. The van der Waals surface area contributed by atoms with E-state index < -0.39 is 5.69 Å². The molecule has 0 aliphatic carbocycles. The molecule has 0 aliphatic heterocycles. The maximum absolute atomic E-state index is 11.9. The number of aromatic amines is 1. The molecule has 0 aliphatic rings. The number of nitrogens with one attached hydrogen (secondary N) is 1. The van der Waals surface area contributed by atoms with Crippen molar-refractivity contribution in [3.63, 3.8) is 0 Å². The normalized spacial score (nSPS) is 10.9. The van der Waals surface area contributed by atoms with Gasteiger partial charge in [-0.05, 0) is 18.2 Å². The van der Waals surface area contributed by atoms with Gasteiger partial charge in [0.2, 0.25) is 0 Å². The van der Waals surface area contributed by atoms with Gasteiger partial charge < -0.3 is 10.7 Å². The van der Waals surface area contributed by atoms with Crippen molar-refractivity contribution >= 4 is 26.8 Å². The molecule has 0 fully saturated rings. The Bertz CT molecular complexity index is 645. The van der Waals surface area contributed by atoms with Crippen LogP contribution >= 0.6 is 15.9 Å². The number of benzene rings is 1. The van der Waals surface area contributed by atoms with Crippen molar-refractivity contribution in [3.8, 4) is 0 Å². The summed E-state index contributed by atoms with van der Waals surface area (Å²) < 4.78 is 1.92. The predicted octanol–water partition coefficient (Wildman–Crippen LogP) is 0.411. The van der Waals surface area contributed by atoms with Gasteiger partial charge in [-0.3, -0.25) is 9.36 Å². The first-order valence-corrected chi connectivity index (χ1v) is 5.55. The van der Waals surface area contributed by atoms with E-state index in [1.165, 1.54) is 0 Å². The van der Waals surface area contributed by atoms with Crippen LogP contribution in [-0.4, -0.2) is 16.1 Å². The van der Waals surface area contributed by atoms with Crippen molar-refractivity contribution in [1.29, 1.82) is 0 Å². The summed E-state index contributed by atoms with van der Waals surface area (Å²) in [5.74, 6) is 0. The van der Waals surface area contributed by atoms with Crippen LogP contribution in [0.4, 0.5) is 0 Å². The molecule has 5 nitrogen and oxygen atoms in total. The Balaban J connectivity index is 2.84. The molecule has 0 amide bonds. The van der Waals surface area contributed by atoms with Crippen LogP contribution in [0.1, 0.15) is 0 Å². The molecule has 1 aromatic heterocycles. The lowest BCUT2D eigenvalue weighted by Crippen LogP contribution is -2.37. The van der Waals surface area contributed by atoms with E-state index in [0.29, 0.717) is 10.9 Å². The second kappa shape index (κ2) is 4.23. The van der Waals surface area contributed by atoms with Crippen LogP contribution in [-0.2, 0) is 6.54 Å². The molecule has 0 radical (unpaired) electrons. The van der Waals surface area contributed by atoms with Gasteiger partial charge in [-0.25, -0.2) is 4.79 Å². The monoisotopic (exact) mass is 283 g/mol. The van der Waals surface area contributed by atoms with Crippen molar-refractivity contribution in [2.45, 2.75) is 6.54 Å². The lowest BCUT2D eigenvalue weighted by atomic mass is 10.2. The van der Waals surface area contributed by atoms with Gasteiger partial charge in [-0.15, -0.1) is 0 Å². The molecule has 1 aromatic carbocycles. The number of rotatable bonds is 2. The van der Waals surface area contributed by atoms with Crippen molar-refractivity contribution in [2.24, 2.45) is 5.73 Å². The molecular formula is C10H10BrN3O2. The van der Waals surface area contributed by atoms with Crippen LogP contribution in [0.2, 0.25) is 0 Å². The van der Waals surface area contributed by atoms with Crippen molar-refractivity contribution in [3.05, 3.63) is 43.5 Å². The SMILES string of the molecule is NCCn1c(=O)[nH]c2cc(Br)ccc2c1=O. The molecule has 0 saturated carbocycles. The standard InChI is InChI=1S/C10H10BrN3O2/c11-6-1-2-7-8(5-6)13-10(16)14(4-3-12)9(7)15/h1-2,5H,3-4,12H2,(H,13,16). The third-order valence-electron chi connectivity index (χ3n) is 2.30. The number of H-pyrrole nitrogens is 1. The quantitative estimate of drug-likeness (QED) is 0.838. The molecule has 3 N–H and O–H groups in total. The van der Waals surface area contributed by atoms with E-state index >= 15 is 0 Å². The fourth-order valence-corrected chi connectivity index (χ4v) is 1.92. The van der Waals surface area contributed by atoms with E-state index in [1.54, 1.807) is 18.2 Å². The summed E-state index contributed by atoms with van der Waals surface area (Å²) in [5, 5.41) is 0.483. The minimum atomic E-state index is -0.430. The number of hydrogen-bond acceptors (Lipinski definition) is 3. The topological polar surface area (TPSA) is 80.9 Å². The molecule has 2 rings (SSSR count). The van der Waals surface area contributed by atoms with Crippen LogP contribution in [0.15, 0.2) is 32.3 Å². The number of nitrogens with two attached hydrogens (primary N) is 1. The molecule has 84 valence electrons. The minimum absolute atomic E-state index is 0.222. The number of hydrogen-bond donors (Lipinski definition) is 2. The average Bonchev–Trinajstić information content (AvgIpc) is 2.23. The first kappa shape index (κ1) is 11.1. The second-order valence-corrected chi connectivity index (χ2v) is 4.28. The van der Waals surface area contributed by atoms with Crippen molar-refractivity contribution in [1.82, 2.24) is 9.55 Å². The summed E-state index contributed by atoms with van der Waals surface area (Å²) in [4.78, 5) is 26.2. The second-order valence-electron chi connectivity index (χ2n) is 3.37. The highest BCUT2D eigenvalue weighted by molar-refractivity contribution is 9.10. The number of fused-ring (bicyclic) bond motifs is 1.